The van der Waals surface area contributed by atoms with Gasteiger partial charge in [0.25, 0.3) is 0 Å². The van der Waals surface area contributed by atoms with Gasteiger partial charge in [-0.25, -0.2) is 0 Å². The van der Waals surface area contributed by atoms with Crippen molar-refractivity contribution in [2.75, 3.05) is 34.9 Å². The van der Waals surface area contributed by atoms with Crippen LogP contribution in [-0.2, 0) is 9.47 Å². The highest BCUT2D eigenvalue weighted by Gasteiger charge is 2.16. The molecule has 0 aliphatic rings. The second-order valence-corrected chi connectivity index (χ2v) is 2.86. The number of nitrogens with zero attached hydrogens (tertiary/aromatic N) is 1. The van der Waals surface area contributed by atoms with E-state index in [0.29, 0.717) is 10.9 Å². The standard InChI is InChI=1S/C6H15BNO2/c1-8(2,7)5-6(9-3)10-4/h6H,5H2,1-4H3/q+1. The highest BCUT2D eigenvalue weighted by atomic mass is 16.7. The average molecular weight is 144 g/mol. The van der Waals surface area contributed by atoms with Crippen molar-refractivity contribution in [3.05, 3.63) is 0 Å². The molecule has 0 spiro atoms. The Morgan fingerprint density at radius 2 is 1.70 bits per heavy atom. The highest BCUT2D eigenvalue weighted by molar-refractivity contribution is 5.97. The first-order valence-electron chi connectivity index (χ1n) is 3.17. The minimum absolute atomic E-state index is 0.208. The quantitative estimate of drug-likeness (QED) is 0.400. The van der Waals surface area contributed by atoms with Gasteiger partial charge in [0.05, 0.1) is 0 Å². The van der Waals surface area contributed by atoms with E-state index < -0.39 is 0 Å². The average Bonchev–Trinajstić information content (AvgIpc) is 1.81. The summed E-state index contributed by atoms with van der Waals surface area (Å²) < 4.78 is 10.3. The van der Waals surface area contributed by atoms with Gasteiger partial charge in [-0.05, 0) is 0 Å². The van der Waals surface area contributed by atoms with Crippen LogP contribution >= 0.6 is 0 Å². The van der Waals surface area contributed by atoms with Crippen molar-refractivity contribution in [2.24, 2.45) is 0 Å². The predicted octanol–water partition coefficient (Wildman–Crippen LogP) is -0.235. The molecule has 0 unspecified atom stereocenters. The summed E-state index contributed by atoms with van der Waals surface area (Å²) in [5.74, 6) is 0. The van der Waals surface area contributed by atoms with E-state index in [1.54, 1.807) is 14.2 Å². The zero-order valence-electron chi connectivity index (χ0n) is 7.13. The van der Waals surface area contributed by atoms with E-state index in [1.807, 2.05) is 14.1 Å². The number of quaternary nitrogens is 1. The van der Waals surface area contributed by atoms with Crippen molar-refractivity contribution in [3.8, 4) is 0 Å². The molecule has 3 nitrogen and oxygen atoms in total. The monoisotopic (exact) mass is 144 g/mol. The molecule has 0 aliphatic heterocycles. The van der Waals surface area contributed by atoms with Crippen molar-refractivity contribution in [3.63, 3.8) is 0 Å². The summed E-state index contributed by atoms with van der Waals surface area (Å²) in [6, 6.07) is 0. The molecule has 0 aromatic rings. The number of hydrogen-bond acceptors (Lipinski definition) is 2. The van der Waals surface area contributed by atoms with Crippen LogP contribution in [0.15, 0.2) is 0 Å². The summed E-state index contributed by atoms with van der Waals surface area (Å²) in [4.78, 5) is 0. The molecule has 0 saturated heterocycles. The summed E-state index contributed by atoms with van der Waals surface area (Å²) in [7, 11) is 12.6. The van der Waals surface area contributed by atoms with Gasteiger partial charge in [-0.2, -0.15) is 0 Å². The molecule has 58 valence electrons. The second-order valence-electron chi connectivity index (χ2n) is 2.86. The van der Waals surface area contributed by atoms with E-state index in [-0.39, 0.29) is 6.29 Å². The molecule has 0 saturated carbocycles. The van der Waals surface area contributed by atoms with Crippen LogP contribution in [0, 0.1) is 0 Å². The number of hydrogen-bond donors (Lipinski definition) is 0. The van der Waals surface area contributed by atoms with Crippen LogP contribution in [0.1, 0.15) is 0 Å². The van der Waals surface area contributed by atoms with Crippen molar-refractivity contribution in [1.82, 2.24) is 0 Å². The predicted molar refractivity (Wildman–Crippen MR) is 40.5 cm³/mol. The van der Waals surface area contributed by atoms with Gasteiger partial charge in [0.1, 0.15) is 6.54 Å². The first-order chi connectivity index (χ1) is 4.49. The van der Waals surface area contributed by atoms with Gasteiger partial charge in [0.2, 0.25) is 6.29 Å². The molecule has 10 heavy (non-hydrogen) atoms. The molecule has 0 atom stereocenters. The van der Waals surface area contributed by atoms with Gasteiger partial charge < -0.3 is 13.9 Å². The van der Waals surface area contributed by atoms with E-state index >= 15 is 0 Å². The number of rotatable bonds is 4. The zero-order valence-corrected chi connectivity index (χ0v) is 7.13. The molecule has 0 amide bonds. The molecular formula is C6H15BNO2+. The lowest BCUT2D eigenvalue weighted by atomic mass is 10.2. The van der Waals surface area contributed by atoms with Crippen LogP contribution in [0.3, 0.4) is 0 Å². The van der Waals surface area contributed by atoms with Crippen molar-refractivity contribution < 1.29 is 13.9 Å². The molecule has 0 aromatic carbocycles. The maximum atomic E-state index is 5.66. The number of ether oxygens (including phenoxy) is 2. The van der Waals surface area contributed by atoms with Crippen LogP contribution in [0.25, 0.3) is 0 Å². The number of methoxy groups -OCH3 is 2. The smallest absolute Gasteiger partial charge is 0.397 e. The molecule has 0 N–H and O–H groups in total. The van der Waals surface area contributed by atoms with Crippen LogP contribution in [-0.4, -0.2) is 53.5 Å². The Hall–Kier alpha value is -0.0551. The van der Waals surface area contributed by atoms with E-state index in [1.165, 1.54) is 0 Å². The molecular weight excluding hydrogens is 129 g/mol. The van der Waals surface area contributed by atoms with Crippen LogP contribution in [0.5, 0.6) is 0 Å². The Morgan fingerprint density at radius 1 is 1.30 bits per heavy atom. The van der Waals surface area contributed by atoms with E-state index in [0.717, 1.165) is 0 Å². The SMILES string of the molecule is [B][N+](C)(C)CC(OC)OC. The van der Waals surface area contributed by atoms with Crippen molar-refractivity contribution in [2.45, 2.75) is 6.29 Å². The summed E-state index contributed by atoms with van der Waals surface area (Å²) in [5, 5.41) is 0. The van der Waals surface area contributed by atoms with Crippen LogP contribution in [0.4, 0.5) is 0 Å². The third-order valence-corrected chi connectivity index (χ3v) is 1.15. The van der Waals surface area contributed by atoms with Crippen molar-refractivity contribution in [1.29, 1.82) is 0 Å². The zero-order chi connectivity index (χ0) is 8.20. The molecule has 2 radical (unpaired) electrons. The minimum Gasteiger partial charge on any atom is -0.397 e. The summed E-state index contributed by atoms with van der Waals surface area (Å²) >= 11 is 0. The largest absolute Gasteiger partial charge is 0.481 e. The van der Waals surface area contributed by atoms with Gasteiger partial charge in [0.15, 0.2) is 0 Å². The van der Waals surface area contributed by atoms with Gasteiger partial charge >= 0.3 is 7.98 Å². The first kappa shape index (κ1) is 9.94. The molecule has 0 fully saturated rings. The lowest BCUT2D eigenvalue weighted by Crippen LogP contribution is -2.44. The molecule has 0 aromatic heterocycles. The van der Waals surface area contributed by atoms with E-state index in [9.17, 15) is 0 Å². The summed E-state index contributed by atoms with van der Waals surface area (Å²) in [5.41, 5.74) is 0. The topological polar surface area (TPSA) is 18.5 Å². The van der Waals surface area contributed by atoms with Gasteiger partial charge in [-0.1, -0.05) is 0 Å². The second kappa shape index (κ2) is 3.96. The van der Waals surface area contributed by atoms with Crippen LogP contribution in [0.2, 0.25) is 0 Å². The molecule has 0 bridgehead atoms. The fourth-order valence-electron chi connectivity index (χ4n) is 0.630. The fourth-order valence-corrected chi connectivity index (χ4v) is 0.630. The Labute approximate surface area is 63.9 Å². The fraction of sp³-hybridized carbons (Fsp3) is 1.00. The Morgan fingerprint density at radius 3 is 1.80 bits per heavy atom. The first-order valence-corrected chi connectivity index (χ1v) is 3.17. The number of likely N-dealkylation sites (N-methyl/N-ethyl adjacent to an activating group) is 1. The Kier molecular flexibility index (Phi) is 3.94. The normalized spacial score (nSPS) is 12.5. The van der Waals surface area contributed by atoms with Gasteiger partial charge in [-0.3, -0.25) is 0 Å². The molecule has 0 heterocycles. The summed E-state index contributed by atoms with van der Waals surface area (Å²) in [6.45, 7) is 0.646. The Bertz CT molecular complexity index is 88.2. The van der Waals surface area contributed by atoms with E-state index in [2.05, 4.69) is 0 Å². The Balaban J connectivity index is 3.63. The maximum Gasteiger partial charge on any atom is 0.481 e. The maximum absolute atomic E-state index is 5.66. The summed E-state index contributed by atoms with van der Waals surface area (Å²) in [6.07, 6.45) is -0.208. The van der Waals surface area contributed by atoms with Crippen molar-refractivity contribution >= 4 is 7.98 Å². The highest BCUT2D eigenvalue weighted by Crippen LogP contribution is 1.97. The van der Waals surface area contributed by atoms with E-state index in [4.69, 9.17) is 17.5 Å². The molecule has 4 heteroatoms. The minimum atomic E-state index is -0.208. The van der Waals surface area contributed by atoms with Crippen LogP contribution < -0.4 is 0 Å². The van der Waals surface area contributed by atoms with Gasteiger partial charge in [-0.15, -0.1) is 0 Å². The molecule has 0 rings (SSSR count). The lowest BCUT2D eigenvalue weighted by Gasteiger charge is -2.28. The van der Waals surface area contributed by atoms with Gasteiger partial charge in [0, 0.05) is 28.3 Å². The lowest BCUT2D eigenvalue weighted by molar-refractivity contribution is -0.781. The third kappa shape index (κ3) is 4.79. The molecule has 0 aliphatic carbocycles. The third-order valence-electron chi connectivity index (χ3n) is 1.15.